The second-order valence-corrected chi connectivity index (χ2v) is 5.69. The van der Waals surface area contributed by atoms with Gasteiger partial charge in [-0.15, -0.1) is 11.3 Å². The fourth-order valence-electron chi connectivity index (χ4n) is 1.49. The third-order valence-corrected chi connectivity index (χ3v) is 3.74. The number of thiazole rings is 1. The van der Waals surface area contributed by atoms with Gasteiger partial charge in [-0.3, -0.25) is 0 Å². The summed E-state index contributed by atoms with van der Waals surface area (Å²) in [5.74, 6) is 0. The molecule has 0 radical (unpaired) electrons. The van der Waals surface area contributed by atoms with Gasteiger partial charge in [0.25, 0.3) is 0 Å². The first kappa shape index (κ1) is 12.7. The molecular formula is C12H12Cl2N2S. The molecule has 2 nitrogen and oxygen atoms in total. The standard InChI is InChI=1S/C12H12Cl2N2S/c1-7(12-6-17-8(2)16-12)15-11-5-9(13)3-4-10(11)14/h3-7,15H,1-2H3. The van der Waals surface area contributed by atoms with Crippen molar-refractivity contribution in [2.24, 2.45) is 0 Å². The van der Waals surface area contributed by atoms with E-state index in [4.69, 9.17) is 23.2 Å². The highest BCUT2D eigenvalue weighted by atomic mass is 35.5. The SMILES string of the molecule is Cc1nc(C(C)Nc2cc(Cl)ccc2Cl)cs1. The molecule has 1 atom stereocenters. The Morgan fingerprint density at radius 2 is 2.12 bits per heavy atom. The number of hydrogen-bond donors (Lipinski definition) is 1. The van der Waals surface area contributed by atoms with Crippen LogP contribution < -0.4 is 5.32 Å². The van der Waals surface area contributed by atoms with Crippen LogP contribution in [-0.2, 0) is 0 Å². The molecule has 90 valence electrons. The Labute approximate surface area is 115 Å². The molecule has 0 saturated carbocycles. The number of nitrogens with one attached hydrogen (secondary N) is 1. The summed E-state index contributed by atoms with van der Waals surface area (Å²) in [6.45, 7) is 4.04. The van der Waals surface area contributed by atoms with Gasteiger partial charge in [0.05, 0.1) is 27.5 Å². The predicted octanol–water partition coefficient (Wildman–Crippen LogP) is 4.93. The van der Waals surface area contributed by atoms with Crippen molar-refractivity contribution < 1.29 is 0 Å². The van der Waals surface area contributed by atoms with E-state index in [1.165, 1.54) is 0 Å². The maximum Gasteiger partial charge on any atom is 0.0898 e. The van der Waals surface area contributed by atoms with Crippen LogP contribution >= 0.6 is 34.5 Å². The number of aryl methyl sites for hydroxylation is 1. The molecule has 0 saturated heterocycles. The molecular weight excluding hydrogens is 275 g/mol. The van der Waals surface area contributed by atoms with Crippen molar-refractivity contribution in [2.75, 3.05) is 5.32 Å². The fraction of sp³-hybridized carbons (Fsp3) is 0.250. The molecule has 0 aliphatic rings. The van der Waals surface area contributed by atoms with Gasteiger partial charge in [-0.2, -0.15) is 0 Å². The summed E-state index contributed by atoms with van der Waals surface area (Å²) in [7, 11) is 0. The molecule has 0 amide bonds. The van der Waals surface area contributed by atoms with Crippen LogP contribution in [-0.4, -0.2) is 4.98 Å². The van der Waals surface area contributed by atoms with Crippen molar-refractivity contribution in [3.63, 3.8) is 0 Å². The zero-order valence-corrected chi connectivity index (χ0v) is 11.8. The summed E-state index contributed by atoms with van der Waals surface area (Å²) in [6.07, 6.45) is 0. The second-order valence-electron chi connectivity index (χ2n) is 3.78. The van der Waals surface area contributed by atoms with Crippen molar-refractivity contribution in [2.45, 2.75) is 19.9 Å². The maximum absolute atomic E-state index is 6.09. The first-order valence-corrected chi connectivity index (χ1v) is 6.83. The number of hydrogen-bond acceptors (Lipinski definition) is 3. The van der Waals surface area contributed by atoms with Crippen molar-refractivity contribution in [1.29, 1.82) is 0 Å². The number of rotatable bonds is 3. The summed E-state index contributed by atoms with van der Waals surface area (Å²) in [6, 6.07) is 5.48. The molecule has 2 aromatic rings. The Hall–Kier alpha value is -0.770. The minimum absolute atomic E-state index is 0.107. The van der Waals surface area contributed by atoms with Gasteiger partial charge in [-0.25, -0.2) is 4.98 Å². The molecule has 2 rings (SSSR count). The van der Waals surface area contributed by atoms with E-state index in [9.17, 15) is 0 Å². The Bertz CT molecular complexity index is 525. The molecule has 17 heavy (non-hydrogen) atoms. The van der Waals surface area contributed by atoms with Gasteiger partial charge in [0.2, 0.25) is 0 Å². The molecule has 1 aromatic carbocycles. The lowest BCUT2D eigenvalue weighted by molar-refractivity contribution is 0.845. The summed E-state index contributed by atoms with van der Waals surface area (Å²) in [5, 5.41) is 7.74. The van der Waals surface area contributed by atoms with Gasteiger partial charge in [-0.1, -0.05) is 23.2 Å². The summed E-state index contributed by atoms with van der Waals surface area (Å²) in [5.41, 5.74) is 1.85. The highest BCUT2D eigenvalue weighted by molar-refractivity contribution is 7.09. The lowest BCUT2D eigenvalue weighted by Gasteiger charge is -2.14. The van der Waals surface area contributed by atoms with E-state index in [1.807, 2.05) is 25.3 Å². The van der Waals surface area contributed by atoms with Crippen molar-refractivity contribution >= 4 is 40.2 Å². The molecule has 0 aliphatic carbocycles. The van der Waals surface area contributed by atoms with Crippen LogP contribution in [0.15, 0.2) is 23.6 Å². The van der Waals surface area contributed by atoms with E-state index in [1.54, 1.807) is 23.5 Å². The molecule has 0 aliphatic heterocycles. The minimum Gasteiger partial charge on any atom is -0.376 e. The van der Waals surface area contributed by atoms with E-state index in [-0.39, 0.29) is 6.04 Å². The highest BCUT2D eigenvalue weighted by Crippen LogP contribution is 2.29. The molecule has 1 unspecified atom stereocenters. The van der Waals surface area contributed by atoms with E-state index in [0.717, 1.165) is 16.4 Å². The van der Waals surface area contributed by atoms with Gasteiger partial charge in [0.15, 0.2) is 0 Å². The lowest BCUT2D eigenvalue weighted by Crippen LogP contribution is -2.07. The zero-order valence-electron chi connectivity index (χ0n) is 9.50. The highest BCUT2D eigenvalue weighted by Gasteiger charge is 2.10. The number of anilines is 1. The van der Waals surface area contributed by atoms with Crippen LogP contribution in [0.1, 0.15) is 23.7 Å². The molecule has 1 N–H and O–H groups in total. The van der Waals surface area contributed by atoms with E-state index in [2.05, 4.69) is 10.3 Å². The number of halogens is 2. The third-order valence-electron chi connectivity index (χ3n) is 2.38. The Balaban J connectivity index is 2.18. The van der Waals surface area contributed by atoms with Gasteiger partial charge in [-0.05, 0) is 32.0 Å². The largest absolute Gasteiger partial charge is 0.376 e. The van der Waals surface area contributed by atoms with E-state index in [0.29, 0.717) is 10.0 Å². The zero-order chi connectivity index (χ0) is 12.4. The van der Waals surface area contributed by atoms with Gasteiger partial charge >= 0.3 is 0 Å². The van der Waals surface area contributed by atoms with Crippen LogP contribution in [0.2, 0.25) is 10.0 Å². The van der Waals surface area contributed by atoms with Gasteiger partial charge < -0.3 is 5.32 Å². The molecule has 5 heteroatoms. The fourth-order valence-corrected chi connectivity index (χ4v) is 2.54. The first-order chi connectivity index (χ1) is 8.06. The Morgan fingerprint density at radius 1 is 1.35 bits per heavy atom. The van der Waals surface area contributed by atoms with Crippen LogP contribution in [0.5, 0.6) is 0 Å². The molecule has 0 spiro atoms. The monoisotopic (exact) mass is 286 g/mol. The number of aromatic nitrogens is 1. The smallest absolute Gasteiger partial charge is 0.0898 e. The third kappa shape index (κ3) is 3.12. The Kier molecular flexibility index (Phi) is 3.92. The normalized spacial score (nSPS) is 12.5. The summed E-state index contributed by atoms with van der Waals surface area (Å²) >= 11 is 13.7. The van der Waals surface area contributed by atoms with Gasteiger partial charge in [0, 0.05) is 10.4 Å². The predicted molar refractivity (Wildman–Crippen MR) is 75.4 cm³/mol. The van der Waals surface area contributed by atoms with Crippen LogP contribution in [0, 0.1) is 6.92 Å². The number of benzene rings is 1. The number of nitrogens with zero attached hydrogens (tertiary/aromatic N) is 1. The first-order valence-electron chi connectivity index (χ1n) is 5.20. The van der Waals surface area contributed by atoms with E-state index >= 15 is 0 Å². The molecule has 0 fully saturated rings. The van der Waals surface area contributed by atoms with Crippen molar-refractivity contribution in [3.8, 4) is 0 Å². The minimum atomic E-state index is 0.107. The summed E-state index contributed by atoms with van der Waals surface area (Å²) < 4.78 is 0. The summed E-state index contributed by atoms with van der Waals surface area (Å²) in [4.78, 5) is 4.44. The van der Waals surface area contributed by atoms with Crippen LogP contribution in [0.25, 0.3) is 0 Å². The van der Waals surface area contributed by atoms with Crippen molar-refractivity contribution in [3.05, 3.63) is 44.3 Å². The average Bonchev–Trinajstić information content (AvgIpc) is 2.70. The maximum atomic E-state index is 6.09. The second kappa shape index (κ2) is 5.25. The topological polar surface area (TPSA) is 24.9 Å². The van der Waals surface area contributed by atoms with E-state index < -0.39 is 0 Å². The van der Waals surface area contributed by atoms with Crippen molar-refractivity contribution in [1.82, 2.24) is 4.98 Å². The average molecular weight is 287 g/mol. The van der Waals surface area contributed by atoms with Crippen LogP contribution in [0.4, 0.5) is 5.69 Å². The van der Waals surface area contributed by atoms with Gasteiger partial charge in [0.1, 0.15) is 0 Å². The molecule has 0 bridgehead atoms. The molecule has 1 aromatic heterocycles. The lowest BCUT2D eigenvalue weighted by atomic mass is 10.2. The quantitative estimate of drug-likeness (QED) is 0.865. The Morgan fingerprint density at radius 3 is 2.76 bits per heavy atom. The van der Waals surface area contributed by atoms with Crippen LogP contribution in [0.3, 0.4) is 0 Å². The molecule has 1 heterocycles.